The van der Waals surface area contributed by atoms with Crippen molar-refractivity contribution in [3.63, 3.8) is 0 Å². The topological polar surface area (TPSA) is 85.1 Å². The van der Waals surface area contributed by atoms with Crippen molar-refractivity contribution in [1.82, 2.24) is 10.3 Å². The van der Waals surface area contributed by atoms with Crippen molar-refractivity contribution in [2.45, 2.75) is 26.3 Å². The molecule has 0 fully saturated rings. The number of nitrogens with zero attached hydrogens (tertiary/aromatic N) is 1. The number of benzene rings is 2. The second-order valence-corrected chi connectivity index (χ2v) is 6.43. The van der Waals surface area contributed by atoms with Gasteiger partial charge in [0, 0.05) is 18.0 Å². The quantitative estimate of drug-likeness (QED) is 0.744. The van der Waals surface area contributed by atoms with Crippen LogP contribution in [0.25, 0.3) is 10.9 Å². The van der Waals surface area contributed by atoms with Crippen molar-refractivity contribution < 1.29 is 9.59 Å². The minimum Gasteiger partial charge on any atom is -0.368 e. The Kier molecular flexibility index (Phi) is 4.98. The Hall–Kier alpha value is -3.21. The number of amides is 2. The Morgan fingerprint density at radius 3 is 2.58 bits per heavy atom. The molecule has 132 valence electrons. The SMILES string of the molecule is Cc1ccc(C[C@H](NC(=O)c2ccnc3ccccc23)C(N)=O)cc1C. The summed E-state index contributed by atoms with van der Waals surface area (Å²) in [5.74, 6) is -0.897. The smallest absolute Gasteiger partial charge is 0.252 e. The predicted octanol–water partition coefficient (Wildman–Crippen LogP) is 2.68. The Morgan fingerprint density at radius 2 is 1.85 bits per heavy atom. The fourth-order valence-electron chi connectivity index (χ4n) is 2.92. The largest absolute Gasteiger partial charge is 0.368 e. The van der Waals surface area contributed by atoms with Crippen molar-refractivity contribution in [3.8, 4) is 0 Å². The highest BCUT2D eigenvalue weighted by Crippen LogP contribution is 2.17. The van der Waals surface area contributed by atoms with Crippen LogP contribution in [-0.2, 0) is 11.2 Å². The van der Waals surface area contributed by atoms with Crippen LogP contribution in [0, 0.1) is 13.8 Å². The zero-order valence-electron chi connectivity index (χ0n) is 14.8. The first-order chi connectivity index (χ1) is 12.5. The molecule has 5 heteroatoms. The van der Waals surface area contributed by atoms with E-state index in [1.54, 1.807) is 12.3 Å². The third-order valence-electron chi connectivity index (χ3n) is 4.55. The van der Waals surface area contributed by atoms with Gasteiger partial charge in [-0.2, -0.15) is 0 Å². The molecule has 0 radical (unpaired) electrons. The van der Waals surface area contributed by atoms with Crippen LogP contribution in [0.15, 0.2) is 54.7 Å². The summed E-state index contributed by atoms with van der Waals surface area (Å²) in [6.07, 6.45) is 1.94. The lowest BCUT2D eigenvalue weighted by Crippen LogP contribution is -2.45. The van der Waals surface area contributed by atoms with Gasteiger partial charge in [0.1, 0.15) is 6.04 Å². The molecule has 0 aliphatic rings. The highest BCUT2D eigenvalue weighted by atomic mass is 16.2. The fraction of sp³-hybridized carbons (Fsp3) is 0.190. The van der Waals surface area contributed by atoms with Crippen LogP contribution in [0.1, 0.15) is 27.0 Å². The Labute approximate surface area is 152 Å². The fourth-order valence-corrected chi connectivity index (χ4v) is 2.92. The molecule has 2 amide bonds. The van der Waals surface area contributed by atoms with Gasteiger partial charge in [0.15, 0.2) is 0 Å². The van der Waals surface area contributed by atoms with Crippen molar-refractivity contribution >= 4 is 22.7 Å². The predicted molar refractivity (Wildman–Crippen MR) is 102 cm³/mol. The first-order valence-electron chi connectivity index (χ1n) is 8.46. The highest BCUT2D eigenvalue weighted by Gasteiger charge is 2.21. The number of hydrogen-bond acceptors (Lipinski definition) is 3. The maximum absolute atomic E-state index is 12.7. The molecule has 0 saturated heterocycles. The molecule has 3 rings (SSSR count). The van der Waals surface area contributed by atoms with Gasteiger partial charge in [-0.25, -0.2) is 0 Å². The number of carbonyl (C=O) groups excluding carboxylic acids is 2. The lowest BCUT2D eigenvalue weighted by atomic mass is 10.00. The molecule has 1 aromatic heterocycles. The minimum atomic E-state index is -0.781. The maximum Gasteiger partial charge on any atom is 0.252 e. The molecular formula is C21H21N3O2. The summed E-state index contributed by atoms with van der Waals surface area (Å²) >= 11 is 0. The molecule has 3 N–H and O–H groups in total. The summed E-state index contributed by atoms with van der Waals surface area (Å²) < 4.78 is 0. The first kappa shape index (κ1) is 17.6. The molecule has 0 unspecified atom stereocenters. The van der Waals surface area contributed by atoms with Gasteiger partial charge < -0.3 is 11.1 Å². The van der Waals surface area contributed by atoms with E-state index < -0.39 is 11.9 Å². The number of primary amides is 1. The summed E-state index contributed by atoms with van der Waals surface area (Å²) in [6, 6.07) is 14.2. The summed E-state index contributed by atoms with van der Waals surface area (Å²) in [5, 5.41) is 3.50. The van der Waals surface area contributed by atoms with E-state index in [4.69, 9.17) is 5.73 Å². The van der Waals surface area contributed by atoms with Crippen molar-refractivity contribution in [2.24, 2.45) is 5.73 Å². The van der Waals surface area contributed by atoms with Crippen LogP contribution >= 0.6 is 0 Å². The molecule has 1 heterocycles. The minimum absolute atomic E-state index is 0.337. The van der Waals surface area contributed by atoms with Gasteiger partial charge in [0.25, 0.3) is 5.91 Å². The molecule has 1 atom stereocenters. The number of nitrogens with one attached hydrogen (secondary N) is 1. The van der Waals surface area contributed by atoms with E-state index >= 15 is 0 Å². The number of nitrogens with two attached hydrogens (primary N) is 1. The van der Waals surface area contributed by atoms with Gasteiger partial charge in [0.2, 0.25) is 5.91 Å². The number of pyridine rings is 1. The van der Waals surface area contributed by atoms with E-state index in [0.29, 0.717) is 12.0 Å². The Balaban J connectivity index is 1.84. The zero-order valence-corrected chi connectivity index (χ0v) is 14.8. The number of carbonyl (C=O) groups is 2. The van der Waals surface area contributed by atoms with Crippen LogP contribution in [-0.4, -0.2) is 22.8 Å². The monoisotopic (exact) mass is 347 g/mol. The molecule has 0 aliphatic heterocycles. The number of hydrogen-bond donors (Lipinski definition) is 2. The molecule has 26 heavy (non-hydrogen) atoms. The summed E-state index contributed by atoms with van der Waals surface area (Å²) in [5.41, 5.74) is 10.00. The Morgan fingerprint density at radius 1 is 1.08 bits per heavy atom. The third-order valence-corrected chi connectivity index (χ3v) is 4.55. The number of aryl methyl sites for hydroxylation is 2. The van der Waals surface area contributed by atoms with E-state index in [9.17, 15) is 9.59 Å². The van der Waals surface area contributed by atoms with Crippen molar-refractivity contribution in [3.05, 3.63) is 77.0 Å². The van der Waals surface area contributed by atoms with Gasteiger partial charge in [-0.1, -0.05) is 36.4 Å². The van der Waals surface area contributed by atoms with Gasteiger partial charge in [0.05, 0.1) is 11.1 Å². The van der Waals surface area contributed by atoms with E-state index in [-0.39, 0.29) is 5.91 Å². The second kappa shape index (κ2) is 7.35. The number of rotatable bonds is 5. The van der Waals surface area contributed by atoms with Crippen LogP contribution in [0.2, 0.25) is 0 Å². The second-order valence-electron chi connectivity index (χ2n) is 6.43. The molecule has 3 aromatic rings. The average molecular weight is 347 g/mol. The average Bonchev–Trinajstić information content (AvgIpc) is 2.63. The normalized spacial score (nSPS) is 11.9. The number of fused-ring (bicyclic) bond motifs is 1. The van der Waals surface area contributed by atoms with Crippen LogP contribution < -0.4 is 11.1 Å². The molecule has 0 aliphatic carbocycles. The molecular weight excluding hydrogens is 326 g/mol. The van der Waals surface area contributed by atoms with Crippen LogP contribution in [0.3, 0.4) is 0 Å². The van der Waals surface area contributed by atoms with Crippen LogP contribution in [0.4, 0.5) is 0 Å². The first-order valence-corrected chi connectivity index (χ1v) is 8.46. The van der Waals surface area contributed by atoms with Crippen molar-refractivity contribution in [1.29, 1.82) is 0 Å². The highest BCUT2D eigenvalue weighted by molar-refractivity contribution is 6.07. The third kappa shape index (κ3) is 3.72. The lowest BCUT2D eigenvalue weighted by molar-refractivity contribution is -0.119. The van der Waals surface area contributed by atoms with Gasteiger partial charge in [-0.3, -0.25) is 14.6 Å². The summed E-state index contributed by atoms with van der Waals surface area (Å²) in [7, 11) is 0. The molecule has 2 aromatic carbocycles. The molecule has 0 saturated carbocycles. The molecule has 0 spiro atoms. The van der Waals surface area contributed by atoms with E-state index in [1.807, 2.05) is 56.3 Å². The summed E-state index contributed by atoms with van der Waals surface area (Å²) in [4.78, 5) is 28.9. The van der Waals surface area contributed by atoms with E-state index in [2.05, 4.69) is 10.3 Å². The maximum atomic E-state index is 12.7. The van der Waals surface area contributed by atoms with Gasteiger partial charge >= 0.3 is 0 Å². The molecule has 5 nitrogen and oxygen atoms in total. The van der Waals surface area contributed by atoms with E-state index in [1.165, 1.54) is 5.56 Å². The standard InChI is InChI=1S/C21H21N3O2/c1-13-7-8-15(11-14(13)2)12-19(20(22)25)24-21(26)17-9-10-23-18-6-4-3-5-16(17)18/h3-11,19H,12H2,1-2H3,(H2,22,25)(H,24,26)/t19-/m0/s1. The molecule has 0 bridgehead atoms. The van der Waals surface area contributed by atoms with Gasteiger partial charge in [-0.05, 0) is 42.7 Å². The van der Waals surface area contributed by atoms with Crippen molar-refractivity contribution in [2.75, 3.05) is 0 Å². The van der Waals surface area contributed by atoms with E-state index in [0.717, 1.165) is 22.0 Å². The zero-order chi connectivity index (χ0) is 18.7. The number of aromatic nitrogens is 1. The summed E-state index contributed by atoms with van der Waals surface area (Å²) in [6.45, 7) is 4.04. The number of para-hydroxylation sites is 1. The van der Waals surface area contributed by atoms with Crippen LogP contribution in [0.5, 0.6) is 0 Å². The lowest BCUT2D eigenvalue weighted by Gasteiger charge is -2.17. The Bertz CT molecular complexity index is 977. The van der Waals surface area contributed by atoms with Gasteiger partial charge in [-0.15, -0.1) is 0 Å².